The molecule has 9 heteroatoms. The molecule has 0 atom stereocenters. The minimum absolute atomic E-state index is 0.0546. The number of pyridine rings is 1. The number of hydrogen-bond acceptors (Lipinski definition) is 4. The molecule has 2 aromatic heterocycles. The highest BCUT2D eigenvalue weighted by Gasteiger charge is 2.35. The van der Waals surface area contributed by atoms with E-state index in [2.05, 4.69) is 5.10 Å². The summed E-state index contributed by atoms with van der Waals surface area (Å²) < 4.78 is 34.6. The van der Waals surface area contributed by atoms with Gasteiger partial charge in [0.05, 0.1) is 0 Å². The molecule has 1 amide bonds. The van der Waals surface area contributed by atoms with Crippen LogP contribution in [-0.2, 0) is 11.5 Å². The van der Waals surface area contributed by atoms with Gasteiger partial charge in [0.1, 0.15) is 6.73 Å². The van der Waals surface area contributed by atoms with Crippen LogP contribution in [-0.4, -0.2) is 51.1 Å². The Balaban J connectivity index is 1.49. The fraction of sp³-hybridized carbons (Fsp3) is 0.292. The van der Waals surface area contributed by atoms with E-state index in [9.17, 15) is 18.4 Å². The fourth-order valence-electron chi connectivity index (χ4n) is 4.28. The van der Waals surface area contributed by atoms with Crippen LogP contribution in [0.3, 0.4) is 0 Å². The zero-order chi connectivity index (χ0) is 23.2. The lowest BCUT2D eigenvalue weighted by atomic mass is 9.97. The number of rotatable bonds is 4. The number of ether oxygens (including phenoxy) is 1. The first-order valence-electron chi connectivity index (χ1n) is 10.6. The number of likely N-dealkylation sites (tertiary alicyclic amines) is 1. The summed E-state index contributed by atoms with van der Waals surface area (Å²) >= 11 is 0. The third kappa shape index (κ3) is 3.89. The minimum atomic E-state index is -2.69. The number of halogens is 2. The third-order valence-corrected chi connectivity index (χ3v) is 6.06. The van der Waals surface area contributed by atoms with Gasteiger partial charge in [-0.25, -0.2) is 13.6 Å². The predicted molar refractivity (Wildman–Crippen MR) is 119 cm³/mol. The summed E-state index contributed by atoms with van der Waals surface area (Å²) in [7, 11) is 1.50. The number of aromatic nitrogens is 3. The van der Waals surface area contributed by atoms with Crippen molar-refractivity contribution in [3.8, 4) is 11.1 Å². The summed E-state index contributed by atoms with van der Waals surface area (Å²) in [4.78, 5) is 26.7. The third-order valence-electron chi connectivity index (χ3n) is 6.06. The molecule has 1 aliphatic rings. The van der Waals surface area contributed by atoms with Crippen molar-refractivity contribution in [2.45, 2.75) is 25.5 Å². The second-order valence-corrected chi connectivity index (χ2v) is 8.23. The summed E-state index contributed by atoms with van der Waals surface area (Å²) in [6, 6.07) is 14.8. The molecule has 5 rings (SSSR count). The van der Waals surface area contributed by atoms with Gasteiger partial charge in [-0.1, -0.05) is 24.3 Å². The highest BCUT2D eigenvalue weighted by Crippen LogP contribution is 2.31. The van der Waals surface area contributed by atoms with Gasteiger partial charge >= 0.3 is 5.69 Å². The smallest absolute Gasteiger partial charge is 0.352 e. The number of carbonyl (C=O) groups excluding carboxylic acids is 1. The minimum Gasteiger partial charge on any atom is -0.362 e. The molecule has 1 saturated heterocycles. The maximum absolute atomic E-state index is 13.4. The van der Waals surface area contributed by atoms with Crippen LogP contribution in [0.15, 0.2) is 59.5 Å². The Morgan fingerprint density at radius 3 is 2.67 bits per heavy atom. The first-order chi connectivity index (χ1) is 15.9. The molecule has 3 heterocycles. The van der Waals surface area contributed by atoms with Gasteiger partial charge in [-0.3, -0.25) is 9.20 Å². The average Bonchev–Trinajstić information content (AvgIpc) is 3.12. The van der Waals surface area contributed by atoms with Gasteiger partial charge in [-0.05, 0) is 46.2 Å². The number of piperidine rings is 1. The number of carbonyl (C=O) groups is 1. The Labute approximate surface area is 187 Å². The van der Waals surface area contributed by atoms with Crippen molar-refractivity contribution >= 4 is 22.3 Å². The first kappa shape index (κ1) is 21.3. The van der Waals surface area contributed by atoms with Crippen molar-refractivity contribution < 1.29 is 18.3 Å². The first-order valence-corrected chi connectivity index (χ1v) is 10.6. The van der Waals surface area contributed by atoms with Crippen molar-refractivity contribution in [3.63, 3.8) is 0 Å². The van der Waals surface area contributed by atoms with Gasteiger partial charge in [-0.2, -0.15) is 4.68 Å². The maximum atomic E-state index is 13.4. The monoisotopic (exact) mass is 452 g/mol. The summed E-state index contributed by atoms with van der Waals surface area (Å²) in [6.07, 6.45) is 1.07. The largest absolute Gasteiger partial charge is 0.362 e. The van der Waals surface area contributed by atoms with Crippen molar-refractivity contribution in [2.75, 3.05) is 20.2 Å². The van der Waals surface area contributed by atoms with Crippen LogP contribution >= 0.6 is 0 Å². The zero-order valence-electron chi connectivity index (χ0n) is 18.0. The molecule has 170 valence electrons. The Morgan fingerprint density at radius 2 is 1.91 bits per heavy atom. The number of methoxy groups -OCH3 is 1. The average molecular weight is 452 g/mol. The summed E-state index contributed by atoms with van der Waals surface area (Å²) in [5, 5.41) is 6.10. The molecule has 0 saturated carbocycles. The molecule has 0 spiro atoms. The number of amides is 1. The molecule has 0 radical (unpaired) electrons. The Hall–Kier alpha value is -3.59. The van der Waals surface area contributed by atoms with Crippen molar-refractivity contribution in [1.29, 1.82) is 0 Å². The number of hydrogen-bond donors (Lipinski definition) is 0. The highest BCUT2D eigenvalue weighted by molar-refractivity contribution is 6.02. The SMILES string of the molecule is COCn1nc2cc(-c3cccc4cc(C(=O)N5CCC(F)(F)CC5)ccc34)ccn2c1=O. The van der Waals surface area contributed by atoms with Crippen molar-refractivity contribution in [3.05, 3.63) is 70.8 Å². The van der Waals surface area contributed by atoms with E-state index in [4.69, 9.17) is 4.74 Å². The molecule has 4 aromatic rings. The van der Waals surface area contributed by atoms with E-state index in [-0.39, 0.29) is 44.3 Å². The number of benzene rings is 2. The number of nitrogens with zero attached hydrogens (tertiary/aromatic N) is 4. The predicted octanol–water partition coefficient (Wildman–Crippen LogP) is 3.79. The zero-order valence-corrected chi connectivity index (χ0v) is 18.0. The standard InChI is InChI=1S/C24H22F2N4O3/c1-33-15-30-23(32)29-10-7-17(14-21(29)27-30)19-4-2-3-16-13-18(5-6-20(16)19)22(31)28-11-8-24(25,26)9-12-28/h2-7,10,13-14H,8-9,11-12,15H2,1H3. The Morgan fingerprint density at radius 1 is 1.12 bits per heavy atom. The van der Waals surface area contributed by atoms with E-state index in [1.807, 2.05) is 36.4 Å². The van der Waals surface area contributed by atoms with E-state index >= 15 is 0 Å². The summed E-state index contributed by atoms with van der Waals surface area (Å²) in [6.45, 7) is 0.174. The molecule has 1 aliphatic heterocycles. The highest BCUT2D eigenvalue weighted by atomic mass is 19.3. The van der Waals surface area contributed by atoms with E-state index in [0.29, 0.717) is 11.2 Å². The van der Waals surface area contributed by atoms with Gasteiger partial charge in [0.15, 0.2) is 5.65 Å². The lowest BCUT2D eigenvalue weighted by molar-refractivity contribution is -0.0494. The van der Waals surface area contributed by atoms with Crippen LogP contribution in [0.25, 0.3) is 27.5 Å². The molecule has 0 aliphatic carbocycles. The van der Waals surface area contributed by atoms with Crippen LogP contribution in [0.1, 0.15) is 23.2 Å². The number of fused-ring (bicyclic) bond motifs is 2. The van der Waals surface area contributed by atoms with Gasteiger partial charge in [0.2, 0.25) is 0 Å². The summed E-state index contributed by atoms with van der Waals surface area (Å²) in [5.41, 5.74) is 2.50. The van der Waals surface area contributed by atoms with Crippen molar-refractivity contribution in [2.24, 2.45) is 0 Å². The van der Waals surface area contributed by atoms with Gasteiger partial charge < -0.3 is 9.64 Å². The van der Waals surface area contributed by atoms with Crippen LogP contribution < -0.4 is 5.69 Å². The summed E-state index contributed by atoms with van der Waals surface area (Å²) in [5.74, 6) is -2.93. The molecular weight excluding hydrogens is 430 g/mol. The lowest BCUT2D eigenvalue weighted by Crippen LogP contribution is -2.42. The van der Waals surface area contributed by atoms with Gasteiger partial charge in [0.25, 0.3) is 11.8 Å². The van der Waals surface area contributed by atoms with Crippen LogP contribution in [0.2, 0.25) is 0 Å². The second kappa shape index (κ2) is 8.08. The van der Waals surface area contributed by atoms with Crippen molar-refractivity contribution in [1.82, 2.24) is 19.1 Å². The molecule has 0 N–H and O–H groups in total. The normalized spacial score (nSPS) is 15.9. The molecule has 0 bridgehead atoms. The van der Waals surface area contributed by atoms with Gasteiger partial charge in [-0.15, -0.1) is 5.10 Å². The topological polar surface area (TPSA) is 68.8 Å². The molecule has 2 aromatic carbocycles. The fourth-order valence-corrected chi connectivity index (χ4v) is 4.28. The van der Waals surface area contributed by atoms with Crippen LogP contribution in [0.4, 0.5) is 8.78 Å². The molecule has 33 heavy (non-hydrogen) atoms. The molecule has 7 nitrogen and oxygen atoms in total. The quantitative estimate of drug-likeness (QED) is 0.473. The Kier molecular flexibility index (Phi) is 5.20. The Bertz CT molecular complexity index is 1420. The van der Waals surface area contributed by atoms with Gasteiger partial charge in [0, 0.05) is 44.8 Å². The van der Waals surface area contributed by atoms with E-state index in [1.54, 1.807) is 18.3 Å². The maximum Gasteiger partial charge on any atom is 0.352 e. The van der Waals surface area contributed by atoms with E-state index < -0.39 is 5.92 Å². The molecule has 0 unspecified atom stereocenters. The van der Waals surface area contributed by atoms with Crippen LogP contribution in [0, 0.1) is 0 Å². The number of alkyl halides is 2. The molecule has 1 fully saturated rings. The van der Waals surface area contributed by atoms with Crippen LogP contribution in [0.5, 0.6) is 0 Å². The lowest BCUT2D eigenvalue weighted by Gasteiger charge is -2.31. The molecular formula is C24H22F2N4O3. The second-order valence-electron chi connectivity index (χ2n) is 8.23. The van der Waals surface area contributed by atoms with E-state index in [0.717, 1.165) is 21.9 Å². The van der Waals surface area contributed by atoms with E-state index in [1.165, 1.54) is 21.1 Å².